The molecule has 0 aromatic heterocycles. The molecule has 0 aliphatic carbocycles. The molecule has 0 saturated heterocycles. The third-order valence-electron chi connectivity index (χ3n) is 3.07. The molecule has 0 heterocycles. The average molecular weight is 270 g/mol. The van der Waals surface area contributed by atoms with Crippen LogP contribution in [0.1, 0.15) is 34.8 Å². The Hall–Kier alpha value is -2.29. The number of aryl methyl sites for hydroxylation is 1. The molecular weight excluding hydrogens is 252 g/mol. The van der Waals surface area contributed by atoms with Crippen LogP contribution in [0.15, 0.2) is 48.5 Å². The van der Waals surface area contributed by atoms with Gasteiger partial charge < -0.3 is 9.84 Å². The van der Waals surface area contributed by atoms with Crippen LogP contribution in [0.5, 0.6) is 5.75 Å². The lowest BCUT2D eigenvalue weighted by atomic mass is 10.0. The van der Waals surface area contributed by atoms with E-state index in [1.54, 1.807) is 12.1 Å². The highest BCUT2D eigenvalue weighted by atomic mass is 16.5. The van der Waals surface area contributed by atoms with E-state index in [0.29, 0.717) is 12.4 Å². The molecule has 20 heavy (non-hydrogen) atoms. The van der Waals surface area contributed by atoms with Crippen molar-refractivity contribution in [3.8, 4) is 5.75 Å². The molecule has 0 radical (unpaired) electrons. The van der Waals surface area contributed by atoms with Crippen molar-refractivity contribution in [2.24, 2.45) is 0 Å². The number of carboxylic acid groups (broad SMARTS) is 1. The maximum Gasteiger partial charge on any atom is 0.339 e. The topological polar surface area (TPSA) is 46.5 Å². The minimum Gasteiger partial charge on any atom is -0.488 e. The monoisotopic (exact) mass is 270 g/mol. The Balaban J connectivity index is 2.26. The van der Waals surface area contributed by atoms with Crippen molar-refractivity contribution in [2.45, 2.75) is 26.4 Å². The first kappa shape index (κ1) is 14.1. The van der Waals surface area contributed by atoms with Crippen molar-refractivity contribution in [3.05, 3.63) is 65.2 Å². The Bertz CT molecular complexity index is 576. The van der Waals surface area contributed by atoms with Crippen LogP contribution in [-0.4, -0.2) is 11.1 Å². The van der Waals surface area contributed by atoms with Crippen molar-refractivity contribution in [3.63, 3.8) is 0 Å². The highest BCUT2D eigenvalue weighted by Gasteiger charge is 2.15. The molecule has 0 bridgehead atoms. The Morgan fingerprint density at radius 1 is 1.10 bits per heavy atom. The van der Waals surface area contributed by atoms with E-state index in [4.69, 9.17) is 4.74 Å². The van der Waals surface area contributed by atoms with Gasteiger partial charge in [0.25, 0.3) is 0 Å². The molecule has 3 nitrogen and oxygen atoms in total. The molecule has 0 saturated carbocycles. The van der Waals surface area contributed by atoms with Crippen LogP contribution in [-0.2, 0) is 13.0 Å². The fourth-order valence-electron chi connectivity index (χ4n) is 2.12. The number of para-hydroxylation sites is 1. The normalized spacial score (nSPS) is 10.2. The van der Waals surface area contributed by atoms with Gasteiger partial charge in [0.05, 0.1) is 0 Å². The molecule has 0 unspecified atom stereocenters. The second-order valence-corrected chi connectivity index (χ2v) is 4.62. The smallest absolute Gasteiger partial charge is 0.339 e. The lowest BCUT2D eigenvalue weighted by molar-refractivity contribution is 0.0691. The Labute approximate surface area is 118 Å². The van der Waals surface area contributed by atoms with Gasteiger partial charge in [0.1, 0.15) is 17.9 Å². The standard InChI is InChI=1S/C17H18O3/c1-2-7-14-10-6-11-15(17(18)19)16(14)20-12-13-8-4-3-5-9-13/h3-6,8-11H,2,7,12H2,1H3,(H,18,19). The molecule has 3 heteroatoms. The Morgan fingerprint density at radius 2 is 1.85 bits per heavy atom. The van der Waals surface area contributed by atoms with Gasteiger partial charge in [0, 0.05) is 0 Å². The Morgan fingerprint density at radius 3 is 2.50 bits per heavy atom. The predicted molar refractivity (Wildman–Crippen MR) is 78.2 cm³/mol. The number of carboxylic acids is 1. The van der Waals surface area contributed by atoms with Crippen LogP contribution in [0.3, 0.4) is 0 Å². The lowest BCUT2D eigenvalue weighted by Crippen LogP contribution is -2.06. The van der Waals surface area contributed by atoms with E-state index in [2.05, 4.69) is 6.92 Å². The second-order valence-electron chi connectivity index (χ2n) is 4.62. The highest BCUT2D eigenvalue weighted by Crippen LogP contribution is 2.26. The van der Waals surface area contributed by atoms with Gasteiger partial charge in [0.15, 0.2) is 0 Å². The van der Waals surface area contributed by atoms with E-state index in [1.807, 2.05) is 36.4 Å². The largest absolute Gasteiger partial charge is 0.488 e. The molecule has 2 aromatic rings. The summed E-state index contributed by atoms with van der Waals surface area (Å²) >= 11 is 0. The maximum absolute atomic E-state index is 11.3. The summed E-state index contributed by atoms with van der Waals surface area (Å²) in [6.45, 7) is 2.44. The lowest BCUT2D eigenvalue weighted by Gasteiger charge is -2.13. The fourth-order valence-corrected chi connectivity index (χ4v) is 2.12. The van der Waals surface area contributed by atoms with E-state index in [0.717, 1.165) is 24.0 Å². The summed E-state index contributed by atoms with van der Waals surface area (Å²) in [5.41, 5.74) is 2.20. The van der Waals surface area contributed by atoms with Gasteiger partial charge in [-0.05, 0) is 23.6 Å². The summed E-state index contributed by atoms with van der Waals surface area (Å²) in [4.78, 5) is 11.3. The molecule has 104 valence electrons. The van der Waals surface area contributed by atoms with Gasteiger partial charge in [-0.25, -0.2) is 4.79 Å². The summed E-state index contributed by atoms with van der Waals surface area (Å²) in [5, 5.41) is 9.28. The number of benzene rings is 2. The van der Waals surface area contributed by atoms with Crippen LogP contribution in [0, 0.1) is 0 Å². The van der Waals surface area contributed by atoms with Gasteiger partial charge in [-0.2, -0.15) is 0 Å². The summed E-state index contributed by atoms with van der Waals surface area (Å²) in [7, 11) is 0. The van der Waals surface area contributed by atoms with Gasteiger partial charge in [-0.1, -0.05) is 55.8 Å². The summed E-state index contributed by atoms with van der Waals surface area (Å²) in [6.07, 6.45) is 1.76. The first-order valence-electron chi connectivity index (χ1n) is 6.74. The summed E-state index contributed by atoms with van der Waals surface area (Å²) in [5.74, 6) is -0.461. The number of aromatic carboxylic acids is 1. The molecule has 0 spiro atoms. The molecule has 0 atom stereocenters. The molecule has 0 amide bonds. The number of rotatable bonds is 6. The zero-order chi connectivity index (χ0) is 14.4. The van der Waals surface area contributed by atoms with Gasteiger partial charge in [-0.15, -0.1) is 0 Å². The zero-order valence-electron chi connectivity index (χ0n) is 11.5. The third-order valence-corrected chi connectivity index (χ3v) is 3.07. The van der Waals surface area contributed by atoms with E-state index in [1.165, 1.54) is 0 Å². The number of ether oxygens (including phenoxy) is 1. The van der Waals surface area contributed by atoms with Crippen molar-refractivity contribution >= 4 is 5.97 Å². The first-order valence-corrected chi connectivity index (χ1v) is 6.74. The quantitative estimate of drug-likeness (QED) is 0.865. The maximum atomic E-state index is 11.3. The second kappa shape index (κ2) is 6.75. The van der Waals surface area contributed by atoms with E-state index < -0.39 is 5.97 Å². The van der Waals surface area contributed by atoms with Crippen LogP contribution in [0.2, 0.25) is 0 Å². The van der Waals surface area contributed by atoms with E-state index in [9.17, 15) is 9.90 Å². The van der Waals surface area contributed by atoms with Crippen molar-refractivity contribution in [2.75, 3.05) is 0 Å². The highest BCUT2D eigenvalue weighted by molar-refractivity contribution is 5.91. The summed E-state index contributed by atoms with van der Waals surface area (Å²) in [6, 6.07) is 15.0. The molecule has 1 N–H and O–H groups in total. The van der Waals surface area contributed by atoms with Crippen LogP contribution < -0.4 is 4.74 Å². The molecule has 2 rings (SSSR count). The SMILES string of the molecule is CCCc1cccc(C(=O)O)c1OCc1ccccc1. The molecule has 0 aliphatic rings. The average Bonchev–Trinajstić information content (AvgIpc) is 2.47. The van der Waals surface area contributed by atoms with Crippen molar-refractivity contribution in [1.29, 1.82) is 0 Å². The number of hydrogen-bond donors (Lipinski definition) is 1. The minimum absolute atomic E-state index is 0.229. The first-order chi connectivity index (χ1) is 9.72. The minimum atomic E-state index is -0.953. The third kappa shape index (κ3) is 3.38. The van der Waals surface area contributed by atoms with Crippen LogP contribution >= 0.6 is 0 Å². The van der Waals surface area contributed by atoms with Gasteiger partial charge in [-0.3, -0.25) is 0 Å². The zero-order valence-corrected chi connectivity index (χ0v) is 11.5. The Kier molecular flexibility index (Phi) is 4.77. The van der Waals surface area contributed by atoms with Crippen LogP contribution in [0.25, 0.3) is 0 Å². The predicted octanol–water partition coefficient (Wildman–Crippen LogP) is 3.92. The number of hydrogen-bond acceptors (Lipinski definition) is 2. The van der Waals surface area contributed by atoms with Crippen molar-refractivity contribution in [1.82, 2.24) is 0 Å². The fraction of sp³-hybridized carbons (Fsp3) is 0.235. The molecule has 0 fully saturated rings. The van der Waals surface area contributed by atoms with Gasteiger partial charge >= 0.3 is 5.97 Å². The van der Waals surface area contributed by atoms with Crippen LogP contribution in [0.4, 0.5) is 0 Å². The summed E-state index contributed by atoms with van der Waals surface area (Å²) < 4.78 is 5.79. The van der Waals surface area contributed by atoms with E-state index in [-0.39, 0.29) is 5.56 Å². The molecular formula is C17H18O3. The molecule has 0 aliphatic heterocycles. The van der Waals surface area contributed by atoms with E-state index >= 15 is 0 Å². The van der Waals surface area contributed by atoms with Gasteiger partial charge in [0.2, 0.25) is 0 Å². The van der Waals surface area contributed by atoms with Crippen molar-refractivity contribution < 1.29 is 14.6 Å². The number of carbonyl (C=O) groups is 1. The molecule has 2 aromatic carbocycles.